The molecule has 0 heterocycles. The van der Waals surface area contributed by atoms with Crippen LogP contribution in [0.25, 0.3) is 0 Å². The molecule has 124 valence electrons. The van der Waals surface area contributed by atoms with Gasteiger partial charge in [-0.05, 0) is 26.3 Å². The van der Waals surface area contributed by atoms with Crippen LogP contribution in [0.1, 0.15) is 53.9 Å². The van der Waals surface area contributed by atoms with Crippen molar-refractivity contribution in [2.24, 2.45) is 0 Å². The molecular weight excluding hydrogens is 266 g/mol. The summed E-state index contributed by atoms with van der Waals surface area (Å²) < 4.78 is 0. The highest BCUT2D eigenvalue weighted by atomic mass is 16.1. The molecule has 0 aliphatic heterocycles. The zero-order chi connectivity index (χ0) is 16.3. The number of unbranched alkanes of at least 4 members (excludes halogenated alkanes) is 1. The Labute approximate surface area is 129 Å². The zero-order valence-corrected chi connectivity index (χ0v) is 14.3. The molecule has 1 atom stereocenters. The van der Waals surface area contributed by atoms with E-state index in [2.05, 4.69) is 29.8 Å². The molecule has 5 nitrogen and oxygen atoms in total. The minimum atomic E-state index is -0.202. The van der Waals surface area contributed by atoms with E-state index < -0.39 is 0 Å². The van der Waals surface area contributed by atoms with Crippen molar-refractivity contribution in [3.63, 3.8) is 0 Å². The molecule has 0 spiro atoms. The molecule has 0 aromatic rings. The monoisotopic (exact) mass is 299 g/mol. The van der Waals surface area contributed by atoms with Crippen LogP contribution in [-0.4, -0.2) is 49.3 Å². The van der Waals surface area contributed by atoms with Gasteiger partial charge in [0.05, 0.1) is 19.1 Å². The SMILES string of the molecule is CC(=O)C(CCCCNC(C)C)NCC(=O)CNC(C)C. The maximum absolute atomic E-state index is 11.7. The summed E-state index contributed by atoms with van der Waals surface area (Å²) in [5, 5.41) is 9.53. The molecule has 0 fully saturated rings. The first kappa shape index (κ1) is 20.2. The van der Waals surface area contributed by atoms with E-state index in [4.69, 9.17) is 0 Å². The Morgan fingerprint density at radius 1 is 0.857 bits per heavy atom. The van der Waals surface area contributed by atoms with Crippen LogP contribution in [0.15, 0.2) is 0 Å². The van der Waals surface area contributed by atoms with Crippen LogP contribution in [0.3, 0.4) is 0 Å². The fraction of sp³-hybridized carbons (Fsp3) is 0.875. The quantitative estimate of drug-likeness (QED) is 0.447. The predicted octanol–water partition coefficient (Wildman–Crippen LogP) is 1.27. The highest BCUT2D eigenvalue weighted by Gasteiger charge is 2.14. The Balaban J connectivity index is 3.86. The van der Waals surface area contributed by atoms with E-state index in [1.807, 2.05) is 13.8 Å². The van der Waals surface area contributed by atoms with Crippen LogP contribution >= 0.6 is 0 Å². The first-order chi connectivity index (χ1) is 9.82. The van der Waals surface area contributed by atoms with Crippen LogP contribution in [0.2, 0.25) is 0 Å². The molecule has 21 heavy (non-hydrogen) atoms. The number of carbonyl (C=O) groups is 2. The van der Waals surface area contributed by atoms with E-state index >= 15 is 0 Å². The number of Topliss-reactive ketones (excluding diaryl/α,β-unsaturated/α-hetero) is 2. The standard InChI is InChI=1S/C16H33N3O2/c1-12(2)17-9-7-6-8-16(14(5)20)19-11-15(21)10-18-13(3)4/h12-13,16-19H,6-11H2,1-5H3. The second-order valence-electron chi connectivity index (χ2n) is 6.22. The summed E-state index contributed by atoms with van der Waals surface area (Å²) in [6, 6.07) is 0.593. The van der Waals surface area contributed by atoms with Crippen molar-refractivity contribution in [3.8, 4) is 0 Å². The van der Waals surface area contributed by atoms with Gasteiger partial charge in [0.2, 0.25) is 0 Å². The first-order valence-electron chi connectivity index (χ1n) is 8.05. The second kappa shape index (κ2) is 11.8. The van der Waals surface area contributed by atoms with Crippen LogP contribution in [0.5, 0.6) is 0 Å². The largest absolute Gasteiger partial charge is 0.315 e. The summed E-state index contributed by atoms with van der Waals surface area (Å²) in [4.78, 5) is 23.3. The molecule has 0 radical (unpaired) electrons. The van der Waals surface area contributed by atoms with Crippen molar-refractivity contribution in [1.29, 1.82) is 0 Å². The molecule has 5 heteroatoms. The third-order valence-corrected chi connectivity index (χ3v) is 3.22. The Morgan fingerprint density at radius 2 is 1.43 bits per heavy atom. The minimum Gasteiger partial charge on any atom is -0.315 e. The van der Waals surface area contributed by atoms with Gasteiger partial charge in [-0.2, -0.15) is 0 Å². The van der Waals surface area contributed by atoms with Gasteiger partial charge in [0.15, 0.2) is 5.78 Å². The lowest BCUT2D eigenvalue weighted by atomic mass is 10.1. The summed E-state index contributed by atoms with van der Waals surface area (Å²) in [5.74, 6) is 0.202. The normalized spacial score (nSPS) is 12.9. The smallest absolute Gasteiger partial charge is 0.160 e. The minimum absolute atomic E-state index is 0.0939. The van der Waals surface area contributed by atoms with Crippen molar-refractivity contribution in [3.05, 3.63) is 0 Å². The summed E-state index contributed by atoms with van der Waals surface area (Å²) >= 11 is 0. The molecule has 0 aliphatic carbocycles. The predicted molar refractivity (Wildman–Crippen MR) is 87.6 cm³/mol. The van der Waals surface area contributed by atoms with E-state index in [-0.39, 0.29) is 24.2 Å². The van der Waals surface area contributed by atoms with Crippen molar-refractivity contribution in [1.82, 2.24) is 16.0 Å². The van der Waals surface area contributed by atoms with E-state index in [0.29, 0.717) is 18.6 Å². The number of hydrogen-bond acceptors (Lipinski definition) is 5. The van der Waals surface area contributed by atoms with Gasteiger partial charge in [0.1, 0.15) is 5.78 Å². The van der Waals surface area contributed by atoms with E-state index in [0.717, 1.165) is 25.8 Å². The van der Waals surface area contributed by atoms with Crippen LogP contribution in [-0.2, 0) is 9.59 Å². The topological polar surface area (TPSA) is 70.2 Å². The van der Waals surface area contributed by atoms with Crippen molar-refractivity contribution >= 4 is 11.6 Å². The van der Waals surface area contributed by atoms with E-state index in [9.17, 15) is 9.59 Å². The lowest BCUT2D eigenvalue weighted by Gasteiger charge is -2.16. The zero-order valence-electron chi connectivity index (χ0n) is 14.3. The van der Waals surface area contributed by atoms with Gasteiger partial charge >= 0.3 is 0 Å². The van der Waals surface area contributed by atoms with E-state index in [1.54, 1.807) is 6.92 Å². The lowest BCUT2D eigenvalue weighted by molar-refractivity contribution is -0.120. The number of hydrogen-bond donors (Lipinski definition) is 3. The van der Waals surface area contributed by atoms with Gasteiger partial charge < -0.3 is 16.0 Å². The maximum Gasteiger partial charge on any atom is 0.160 e. The van der Waals surface area contributed by atoms with Crippen LogP contribution in [0, 0.1) is 0 Å². The third kappa shape index (κ3) is 12.7. The third-order valence-electron chi connectivity index (χ3n) is 3.22. The second-order valence-corrected chi connectivity index (χ2v) is 6.22. The molecule has 1 unspecified atom stereocenters. The van der Waals surface area contributed by atoms with Crippen molar-refractivity contribution in [2.45, 2.75) is 72.0 Å². The summed E-state index contributed by atoms with van der Waals surface area (Å²) in [7, 11) is 0. The van der Waals surface area contributed by atoms with Crippen LogP contribution in [0.4, 0.5) is 0 Å². The highest BCUT2D eigenvalue weighted by Crippen LogP contribution is 2.02. The average Bonchev–Trinajstić information content (AvgIpc) is 2.38. The summed E-state index contributed by atoms with van der Waals surface area (Å²) in [6.07, 6.45) is 2.82. The number of carbonyl (C=O) groups excluding carboxylic acids is 2. The van der Waals surface area contributed by atoms with Gasteiger partial charge in [0, 0.05) is 12.1 Å². The van der Waals surface area contributed by atoms with Gasteiger partial charge in [-0.3, -0.25) is 9.59 Å². The average molecular weight is 299 g/mol. The Hall–Kier alpha value is -0.780. The summed E-state index contributed by atoms with van der Waals surface area (Å²) in [5.41, 5.74) is 0. The maximum atomic E-state index is 11.7. The number of rotatable bonds is 13. The fourth-order valence-corrected chi connectivity index (χ4v) is 1.93. The Kier molecular flexibility index (Phi) is 11.4. The molecule has 0 bridgehead atoms. The fourth-order valence-electron chi connectivity index (χ4n) is 1.93. The molecule has 0 saturated carbocycles. The Morgan fingerprint density at radius 3 is 1.95 bits per heavy atom. The molecule has 0 amide bonds. The first-order valence-corrected chi connectivity index (χ1v) is 8.05. The molecule has 0 aromatic heterocycles. The van der Waals surface area contributed by atoms with Gasteiger partial charge in [-0.25, -0.2) is 0 Å². The molecule has 0 rings (SSSR count). The lowest BCUT2D eigenvalue weighted by Crippen LogP contribution is -2.41. The molecule has 0 saturated heterocycles. The van der Waals surface area contributed by atoms with Gasteiger partial charge in [-0.1, -0.05) is 34.1 Å². The molecule has 0 aliphatic rings. The van der Waals surface area contributed by atoms with Gasteiger partial charge in [0.25, 0.3) is 0 Å². The number of ketones is 2. The molecule has 0 aromatic carbocycles. The van der Waals surface area contributed by atoms with Gasteiger partial charge in [-0.15, -0.1) is 0 Å². The van der Waals surface area contributed by atoms with Crippen molar-refractivity contribution < 1.29 is 9.59 Å². The van der Waals surface area contributed by atoms with Crippen molar-refractivity contribution in [2.75, 3.05) is 19.6 Å². The highest BCUT2D eigenvalue weighted by molar-refractivity contribution is 5.85. The molecule has 3 N–H and O–H groups in total. The number of nitrogens with one attached hydrogen (secondary N) is 3. The van der Waals surface area contributed by atoms with E-state index in [1.165, 1.54) is 0 Å². The molecular formula is C16H33N3O2. The van der Waals surface area contributed by atoms with Crippen LogP contribution < -0.4 is 16.0 Å². The summed E-state index contributed by atoms with van der Waals surface area (Å²) in [6.45, 7) is 11.4. The Bertz CT molecular complexity index is 304.